The second kappa shape index (κ2) is 11.6. The number of amides is 4. The van der Waals surface area contributed by atoms with E-state index in [4.69, 9.17) is 0 Å². The Balaban J connectivity index is 1.20. The molecule has 30 heavy (non-hydrogen) atoms. The van der Waals surface area contributed by atoms with Crippen LogP contribution in [-0.2, 0) is 22.6 Å². The average Bonchev–Trinajstić information content (AvgIpc) is 3.26. The van der Waals surface area contributed by atoms with Gasteiger partial charge in [0, 0.05) is 45.6 Å². The number of rotatable bonds is 9. The van der Waals surface area contributed by atoms with Crippen molar-refractivity contribution in [3.8, 4) is 0 Å². The minimum absolute atomic E-state index is 0.0722. The normalized spacial score (nSPS) is 16.1. The molecule has 7 heteroatoms. The molecule has 1 aliphatic carbocycles. The van der Waals surface area contributed by atoms with E-state index >= 15 is 0 Å². The van der Waals surface area contributed by atoms with Crippen LogP contribution in [-0.4, -0.2) is 48.9 Å². The van der Waals surface area contributed by atoms with E-state index in [9.17, 15) is 14.4 Å². The predicted molar refractivity (Wildman–Crippen MR) is 116 cm³/mol. The minimum Gasteiger partial charge on any atom is -0.354 e. The summed E-state index contributed by atoms with van der Waals surface area (Å²) in [4.78, 5) is 38.0. The highest BCUT2D eigenvalue weighted by Crippen LogP contribution is 2.27. The molecule has 0 unspecified atom stereocenters. The molecule has 3 rings (SSSR count). The molecule has 2 aliphatic rings. The molecule has 164 valence electrons. The third-order valence-electron chi connectivity index (χ3n) is 6.02. The Morgan fingerprint density at radius 2 is 1.63 bits per heavy atom. The van der Waals surface area contributed by atoms with Crippen molar-refractivity contribution in [1.29, 1.82) is 0 Å². The second-order valence-corrected chi connectivity index (χ2v) is 8.32. The minimum atomic E-state index is -0.264. The number of urea groups is 1. The van der Waals surface area contributed by atoms with Crippen LogP contribution >= 0.6 is 0 Å². The number of fused-ring (bicyclic) bond motifs is 1. The smallest absolute Gasteiger partial charge is 0.314 e. The maximum Gasteiger partial charge on any atom is 0.314 e. The van der Waals surface area contributed by atoms with E-state index in [0.29, 0.717) is 51.4 Å². The molecule has 4 amide bonds. The van der Waals surface area contributed by atoms with E-state index in [1.165, 1.54) is 24.0 Å². The van der Waals surface area contributed by atoms with E-state index < -0.39 is 0 Å². The zero-order valence-electron chi connectivity index (χ0n) is 17.8. The molecule has 0 radical (unpaired) electrons. The predicted octanol–water partition coefficient (Wildman–Crippen LogP) is 2.35. The maximum absolute atomic E-state index is 12.4. The molecule has 1 aromatic carbocycles. The summed E-state index contributed by atoms with van der Waals surface area (Å²) in [6, 6.07) is 7.99. The van der Waals surface area contributed by atoms with Gasteiger partial charge in [0.1, 0.15) is 0 Å². The highest BCUT2D eigenvalue weighted by molar-refractivity contribution is 5.77. The first-order chi connectivity index (χ1) is 14.6. The van der Waals surface area contributed by atoms with Gasteiger partial charge < -0.3 is 20.9 Å². The summed E-state index contributed by atoms with van der Waals surface area (Å²) in [5.74, 6) is 0.739. The lowest BCUT2D eigenvalue weighted by molar-refractivity contribution is -0.132. The first kappa shape index (κ1) is 22.1. The van der Waals surface area contributed by atoms with Crippen LogP contribution in [0.15, 0.2) is 24.3 Å². The molecule has 0 atom stereocenters. The van der Waals surface area contributed by atoms with Gasteiger partial charge in [-0.25, -0.2) is 4.79 Å². The van der Waals surface area contributed by atoms with Crippen molar-refractivity contribution in [3.63, 3.8) is 0 Å². The van der Waals surface area contributed by atoms with Crippen molar-refractivity contribution in [1.82, 2.24) is 20.9 Å². The first-order valence-electron chi connectivity index (χ1n) is 11.2. The molecule has 1 aromatic rings. The molecule has 0 bridgehead atoms. The molecule has 0 aromatic heterocycles. The Kier molecular flexibility index (Phi) is 8.53. The molecule has 3 N–H and O–H groups in total. The van der Waals surface area contributed by atoms with Crippen molar-refractivity contribution >= 4 is 17.8 Å². The van der Waals surface area contributed by atoms with Crippen LogP contribution in [0.3, 0.4) is 0 Å². The van der Waals surface area contributed by atoms with E-state index in [2.05, 4.69) is 28.1 Å². The summed E-state index contributed by atoms with van der Waals surface area (Å²) in [7, 11) is 0. The average molecular weight is 415 g/mol. The molecule has 1 saturated carbocycles. The number of carbonyl (C=O) groups excluding carboxylic acids is 3. The first-order valence-corrected chi connectivity index (χ1v) is 11.2. The molecule has 0 spiro atoms. The van der Waals surface area contributed by atoms with E-state index in [-0.39, 0.29) is 17.8 Å². The van der Waals surface area contributed by atoms with Gasteiger partial charge in [-0.2, -0.15) is 0 Å². The fraction of sp³-hybridized carbons (Fsp3) is 0.609. The lowest BCUT2D eigenvalue weighted by Crippen LogP contribution is -2.41. The van der Waals surface area contributed by atoms with E-state index in [1.54, 1.807) is 0 Å². The molecular weight excluding hydrogens is 380 g/mol. The highest BCUT2D eigenvalue weighted by Gasteiger charge is 2.20. The Morgan fingerprint density at radius 1 is 0.933 bits per heavy atom. The number of nitrogens with one attached hydrogen (secondary N) is 3. The second-order valence-electron chi connectivity index (χ2n) is 8.32. The summed E-state index contributed by atoms with van der Waals surface area (Å²) in [5.41, 5.74) is 2.56. The number of hydrogen-bond acceptors (Lipinski definition) is 3. The number of nitrogens with zero attached hydrogens (tertiary/aromatic N) is 1. The number of benzene rings is 1. The standard InChI is InChI=1S/C23H34N4O3/c28-21(16-18-6-1-2-7-18)24-13-14-26-23(30)25-12-5-10-22(29)27-15-11-19-8-3-4-9-20(19)17-27/h3-4,8-9,18H,1-2,5-7,10-17H2,(H,24,28)(H2,25,26,30). The van der Waals surface area contributed by atoms with Gasteiger partial charge in [-0.05, 0) is 42.7 Å². The molecule has 1 fully saturated rings. The molecule has 1 aliphatic heterocycles. The van der Waals surface area contributed by atoms with Crippen LogP contribution in [0.25, 0.3) is 0 Å². The Bertz CT molecular complexity index is 731. The summed E-state index contributed by atoms with van der Waals surface area (Å²) in [6.45, 7) is 2.73. The molecular formula is C23H34N4O3. The number of carbonyl (C=O) groups is 3. The molecule has 0 saturated heterocycles. The fourth-order valence-electron chi connectivity index (χ4n) is 4.30. The van der Waals surface area contributed by atoms with Crippen molar-refractivity contribution < 1.29 is 14.4 Å². The zero-order valence-corrected chi connectivity index (χ0v) is 17.8. The van der Waals surface area contributed by atoms with Gasteiger partial charge in [0.05, 0.1) is 0 Å². The lowest BCUT2D eigenvalue weighted by Gasteiger charge is -2.29. The third kappa shape index (κ3) is 7.04. The zero-order chi connectivity index (χ0) is 21.2. The van der Waals surface area contributed by atoms with Crippen LogP contribution in [0, 0.1) is 5.92 Å². The van der Waals surface area contributed by atoms with Crippen LogP contribution in [0.2, 0.25) is 0 Å². The fourth-order valence-corrected chi connectivity index (χ4v) is 4.30. The van der Waals surface area contributed by atoms with Gasteiger partial charge in [0.15, 0.2) is 0 Å². The van der Waals surface area contributed by atoms with Gasteiger partial charge in [-0.15, -0.1) is 0 Å². The van der Waals surface area contributed by atoms with Crippen LogP contribution in [0.1, 0.15) is 56.1 Å². The van der Waals surface area contributed by atoms with Crippen molar-refractivity contribution in [2.24, 2.45) is 5.92 Å². The molecule has 1 heterocycles. The van der Waals surface area contributed by atoms with Crippen LogP contribution < -0.4 is 16.0 Å². The Hall–Kier alpha value is -2.57. The van der Waals surface area contributed by atoms with E-state index in [0.717, 1.165) is 25.8 Å². The summed E-state index contributed by atoms with van der Waals surface area (Å²) >= 11 is 0. The summed E-state index contributed by atoms with van der Waals surface area (Å²) in [6.07, 6.45) is 7.32. The lowest BCUT2D eigenvalue weighted by atomic mass is 9.99. The van der Waals surface area contributed by atoms with Gasteiger partial charge in [0.2, 0.25) is 11.8 Å². The van der Waals surface area contributed by atoms with Crippen LogP contribution in [0.4, 0.5) is 4.79 Å². The van der Waals surface area contributed by atoms with Gasteiger partial charge in [0.25, 0.3) is 0 Å². The van der Waals surface area contributed by atoms with Gasteiger partial charge >= 0.3 is 6.03 Å². The van der Waals surface area contributed by atoms with Gasteiger partial charge in [-0.3, -0.25) is 9.59 Å². The SMILES string of the molecule is O=C(CC1CCCC1)NCCNC(=O)NCCCC(=O)N1CCc2ccccc2C1. The third-order valence-corrected chi connectivity index (χ3v) is 6.02. The summed E-state index contributed by atoms with van der Waals surface area (Å²) < 4.78 is 0. The largest absolute Gasteiger partial charge is 0.354 e. The van der Waals surface area contributed by atoms with Crippen molar-refractivity contribution in [2.75, 3.05) is 26.2 Å². The molecule has 7 nitrogen and oxygen atoms in total. The quantitative estimate of drug-likeness (QED) is 0.542. The number of hydrogen-bond donors (Lipinski definition) is 3. The van der Waals surface area contributed by atoms with Crippen molar-refractivity contribution in [2.45, 2.75) is 57.9 Å². The van der Waals surface area contributed by atoms with Crippen LogP contribution in [0.5, 0.6) is 0 Å². The highest BCUT2D eigenvalue weighted by atomic mass is 16.2. The van der Waals surface area contributed by atoms with Crippen molar-refractivity contribution in [3.05, 3.63) is 35.4 Å². The maximum atomic E-state index is 12.4. The monoisotopic (exact) mass is 414 g/mol. The summed E-state index contributed by atoms with van der Waals surface area (Å²) in [5, 5.41) is 8.36. The topological polar surface area (TPSA) is 90.5 Å². The van der Waals surface area contributed by atoms with E-state index in [1.807, 2.05) is 17.0 Å². The van der Waals surface area contributed by atoms with Gasteiger partial charge in [-0.1, -0.05) is 37.1 Å². The Morgan fingerprint density at radius 3 is 2.43 bits per heavy atom. The Labute approximate surface area is 179 Å².